The highest BCUT2D eigenvalue weighted by Crippen LogP contribution is 2.32. The number of nitrogens with one attached hydrogen (secondary N) is 1. The average molecular weight is 315 g/mol. The van der Waals surface area contributed by atoms with E-state index in [0.717, 1.165) is 11.3 Å². The van der Waals surface area contributed by atoms with Crippen LogP contribution in [0.3, 0.4) is 0 Å². The molecule has 1 aliphatic rings. The molecule has 0 radical (unpaired) electrons. The van der Waals surface area contributed by atoms with Crippen LogP contribution in [-0.2, 0) is 16.1 Å². The fourth-order valence-electron chi connectivity index (χ4n) is 2.80. The first-order chi connectivity index (χ1) is 11.1. The molecule has 1 saturated heterocycles. The number of rotatable bonds is 4. The van der Waals surface area contributed by atoms with Crippen LogP contribution in [0.5, 0.6) is 0 Å². The number of likely N-dealkylation sites (tertiary alicyclic amines) is 1. The molecule has 120 valence electrons. The minimum absolute atomic E-state index is 0.132. The molecule has 0 spiro atoms. The highest BCUT2D eigenvalue weighted by molar-refractivity contribution is 5.75. The zero-order valence-electron chi connectivity index (χ0n) is 12.4. The number of aromatic amines is 1. The van der Waals surface area contributed by atoms with Crippen molar-refractivity contribution in [2.45, 2.75) is 12.5 Å². The summed E-state index contributed by atoms with van der Waals surface area (Å²) in [4.78, 5) is 31.9. The predicted molar refractivity (Wildman–Crippen MR) is 80.7 cm³/mol. The van der Waals surface area contributed by atoms with Crippen LogP contribution in [-0.4, -0.2) is 45.1 Å². The van der Waals surface area contributed by atoms with Crippen molar-refractivity contribution in [3.63, 3.8) is 0 Å². The second kappa shape index (κ2) is 6.51. The molecule has 7 heteroatoms. The van der Waals surface area contributed by atoms with Gasteiger partial charge in [0.2, 0.25) is 0 Å². The van der Waals surface area contributed by atoms with Crippen molar-refractivity contribution in [1.82, 2.24) is 14.9 Å². The number of ether oxygens (including phenoxy) is 1. The lowest BCUT2D eigenvalue weighted by molar-refractivity contribution is -0.141. The summed E-state index contributed by atoms with van der Waals surface area (Å²) >= 11 is 0. The molecule has 0 saturated carbocycles. The van der Waals surface area contributed by atoms with Gasteiger partial charge in [0.1, 0.15) is 6.61 Å². The standard InChI is InChI=1S/C16H17N3O4/c20-15(21)13-8-19(7-12(13)14-6-17-10-18-14)16(22)23-9-11-4-2-1-3-5-11/h1-6,10,12-13H,7-9H2,(H,17,18)(H,20,21). The number of aromatic nitrogens is 2. The molecule has 1 amide bonds. The first-order valence-corrected chi connectivity index (χ1v) is 7.32. The van der Waals surface area contributed by atoms with Gasteiger partial charge in [-0.25, -0.2) is 9.78 Å². The fourth-order valence-corrected chi connectivity index (χ4v) is 2.80. The molecule has 23 heavy (non-hydrogen) atoms. The Morgan fingerprint density at radius 2 is 2.09 bits per heavy atom. The van der Waals surface area contributed by atoms with Crippen molar-refractivity contribution in [3.8, 4) is 0 Å². The average Bonchev–Trinajstić information content (AvgIpc) is 3.22. The van der Waals surface area contributed by atoms with Gasteiger partial charge in [-0.3, -0.25) is 4.79 Å². The second-order valence-electron chi connectivity index (χ2n) is 5.50. The Hall–Kier alpha value is -2.83. The van der Waals surface area contributed by atoms with E-state index in [1.54, 1.807) is 6.20 Å². The van der Waals surface area contributed by atoms with Gasteiger partial charge in [0, 0.05) is 30.9 Å². The third kappa shape index (κ3) is 3.33. The number of nitrogens with zero attached hydrogens (tertiary/aromatic N) is 2. The Balaban J connectivity index is 1.64. The van der Waals surface area contributed by atoms with E-state index >= 15 is 0 Å². The highest BCUT2D eigenvalue weighted by atomic mass is 16.6. The van der Waals surface area contributed by atoms with Crippen molar-refractivity contribution < 1.29 is 19.4 Å². The Kier molecular flexibility index (Phi) is 4.27. The number of carbonyl (C=O) groups excluding carboxylic acids is 1. The molecule has 2 aromatic rings. The van der Waals surface area contributed by atoms with Crippen molar-refractivity contribution in [2.75, 3.05) is 13.1 Å². The summed E-state index contributed by atoms with van der Waals surface area (Å²) < 4.78 is 5.27. The molecule has 1 aliphatic heterocycles. The maximum absolute atomic E-state index is 12.2. The number of amides is 1. The Morgan fingerprint density at radius 3 is 2.74 bits per heavy atom. The normalized spacial score (nSPS) is 20.4. The minimum Gasteiger partial charge on any atom is -0.481 e. The monoisotopic (exact) mass is 315 g/mol. The molecule has 2 N–H and O–H groups in total. The van der Waals surface area contributed by atoms with Gasteiger partial charge >= 0.3 is 12.1 Å². The van der Waals surface area contributed by atoms with E-state index in [1.807, 2.05) is 30.3 Å². The van der Waals surface area contributed by atoms with Gasteiger partial charge in [-0.15, -0.1) is 0 Å². The van der Waals surface area contributed by atoms with Gasteiger partial charge in [-0.1, -0.05) is 30.3 Å². The van der Waals surface area contributed by atoms with Gasteiger partial charge in [-0.05, 0) is 5.56 Å². The molecular formula is C16H17N3O4. The molecule has 0 bridgehead atoms. The summed E-state index contributed by atoms with van der Waals surface area (Å²) in [6.45, 7) is 0.599. The van der Waals surface area contributed by atoms with E-state index in [9.17, 15) is 14.7 Å². The topological polar surface area (TPSA) is 95.5 Å². The van der Waals surface area contributed by atoms with E-state index in [0.29, 0.717) is 6.54 Å². The van der Waals surface area contributed by atoms with Crippen LogP contribution in [0.1, 0.15) is 17.2 Å². The summed E-state index contributed by atoms with van der Waals surface area (Å²) in [5.74, 6) is -1.90. The number of hydrogen-bond donors (Lipinski definition) is 2. The van der Waals surface area contributed by atoms with Crippen LogP contribution >= 0.6 is 0 Å². The summed E-state index contributed by atoms with van der Waals surface area (Å²) in [5.41, 5.74) is 1.61. The number of carbonyl (C=O) groups is 2. The smallest absolute Gasteiger partial charge is 0.410 e. The number of carboxylic acid groups (broad SMARTS) is 1. The van der Waals surface area contributed by atoms with Crippen LogP contribution in [0.15, 0.2) is 42.9 Å². The molecule has 1 aromatic heterocycles. The number of hydrogen-bond acceptors (Lipinski definition) is 4. The maximum Gasteiger partial charge on any atom is 0.410 e. The van der Waals surface area contributed by atoms with Crippen LogP contribution in [0, 0.1) is 5.92 Å². The van der Waals surface area contributed by atoms with Crippen LogP contribution in [0.25, 0.3) is 0 Å². The zero-order valence-corrected chi connectivity index (χ0v) is 12.4. The Bertz CT molecular complexity index is 672. The van der Waals surface area contributed by atoms with Crippen LogP contribution in [0.4, 0.5) is 4.79 Å². The SMILES string of the molecule is O=C(O)C1CN(C(=O)OCc2ccccc2)CC1c1cnc[nH]1. The minimum atomic E-state index is -0.928. The number of carboxylic acids is 1. The van der Waals surface area contributed by atoms with Crippen LogP contribution < -0.4 is 0 Å². The molecule has 7 nitrogen and oxygen atoms in total. The van der Waals surface area contributed by atoms with Crippen molar-refractivity contribution in [2.24, 2.45) is 5.92 Å². The summed E-state index contributed by atoms with van der Waals surface area (Å²) in [6.07, 6.45) is 2.60. The molecule has 0 aliphatic carbocycles. The number of aliphatic carboxylic acids is 1. The lowest BCUT2D eigenvalue weighted by Gasteiger charge is -2.16. The quantitative estimate of drug-likeness (QED) is 0.897. The molecule has 2 heterocycles. The second-order valence-corrected chi connectivity index (χ2v) is 5.50. The van der Waals surface area contributed by atoms with E-state index < -0.39 is 18.0 Å². The van der Waals surface area contributed by atoms with Gasteiger partial charge < -0.3 is 19.7 Å². The van der Waals surface area contributed by atoms with Gasteiger partial charge in [-0.2, -0.15) is 0 Å². The fraction of sp³-hybridized carbons (Fsp3) is 0.312. The number of H-pyrrole nitrogens is 1. The zero-order chi connectivity index (χ0) is 16.2. The summed E-state index contributed by atoms with van der Waals surface area (Å²) in [5, 5.41) is 9.38. The third-order valence-corrected chi connectivity index (χ3v) is 4.02. The molecule has 1 fully saturated rings. The van der Waals surface area contributed by atoms with Crippen LogP contribution in [0.2, 0.25) is 0 Å². The van der Waals surface area contributed by atoms with E-state index in [2.05, 4.69) is 9.97 Å². The van der Waals surface area contributed by atoms with E-state index in [4.69, 9.17) is 4.74 Å². The third-order valence-electron chi connectivity index (χ3n) is 4.02. The number of imidazole rings is 1. The summed E-state index contributed by atoms with van der Waals surface area (Å²) in [6, 6.07) is 9.36. The molecule has 1 aromatic carbocycles. The van der Waals surface area contributed by atoms with Gasteiger partial charge in [0.15, 0.2) is 0 Å². The Labute approximate surface area is 132 Å². The molecule has 2 unspecified atom stereocenters. The first-order valence-electron chi connectivity index (χ1n) is 7.32. The molecule has 2 atom stereocenters. The summed E-state index contributed by atoms with van der Waals surface area (Å²) in [7, 11) is 0. The predicted octanol–water partition coefficient (Wildman–Crippen LogP) is 1.85. The number of benzene rings is 1. The van der Waals surface area contributed by atoms with Gasteiger partial charge in [0.25, 0.3) is 0 Å². The molecule has 3 rings (SSSR count). The highest BCUT2D eigenvalue weighted by Gasteiger charge is 2.41. The van der Waals surface area contributed by atoms with E-state index in [1.165, 1.54) is 11.2 Å². The largest absolute Gasteiger partial charge is 0.481 e. The van der Waals surface area contributed by atoms with E-state index in [-0.39, 0.29) is 19.1 Å². The van der Waals surface area contributed by atoms with Crippen molar-refractivity contribution in [1.29, 1.82) is 0 Å². The lowest BCUT2D eigenvalue weighted by atomic mass is 9.94. The molecular weight excluding hydrogens is 298 g/mol. The lowest BCUT2D eigenvalue weighted by Crippen LogP contribution is -2.30. The Morgan fingerprint density at radius 1 is 1.30 bits per heavy atom. The maximum atomic E-state index is 12.2. The van der Waals surface area contributed by atoms with Crippen molar-refractivity contribution >= 4 is 12.1 Å². The first kappa shape index (κ1) is 15.1. The van der Waals surface area contributed by atoms with Gasteiger partial charge in [0.05, 0.1) is 12.2 Å². The van der Waals surface area contributed by atoms with Crippen molar-refractivity contribution in [3.05, 3.63) is 54.1 Å².